The Bertz CT molecular complexity index is 412. The highest BCUT2D eigenvalue weighted by Crippen LogP contribution is 2.22. The van der Waals surface area contributed by atoms with Gasteiger partial charge in [-0.15, -0.1) is 0 Å². The molecule has 0 radical (unpaired) electrons. The molecule has 1 aliphatic rings. The highest BCUT2D eigenvalue weighted by atomic mass is 16.3. The molecule has 4 nitrogen and oxygen atoms in total. The molecule has 1 fully saturated rings. The van der Waals surface area contributed by atoms with Crippen LogP contribution >= 0.6 is 0 Å². The van der Waals surface area contributed by atoms with E-state index in [9.17, 15) is 5.11 Å². The van der Waals surface area contributed by atoms with E-state index in [1.54, 1.807) is 6.20 Å². The molecule has 1 aromatic heterocycles. The van der Waals surface area contributed by atoms with Gasteiger partial charge in [0.25, 0.3) is 0 Å². The second-order valence-electron chi connectivity index (χ2n) is 5.79. The first kappa shape index (κ1) is 14.3. The van der Waals surface area contributed by atoms with E-state index in [1.165, 1.54) is 6.54 Å². The van der Waals surface area contributed by atoms with Crippen molar-refractivity contribution in [2.24, 2.45) is 5.92 Å². The van der Waals surface area contributed by atoms with E-state index in [0.717, 1.165) is 49.0 Å². The number of hydrogen-bond acceptors (Lipinski definition) is 4. The summed E-state index contributed by atoms with van der Waals surface area (Å²) in [5, 5.41) is 9.43. The van der Waals surface area contributed by atoms with Crippen molar-refractivity contribution in [3.63, 3.8) is 0 Å². The van der Waals surface area contributed by atoms with Crippen molar-refractivity contribution in [1.82, 2.24) is 9.88 Å². The van der Waals surface area contributed by atoms with Crippen molar-refractivity contribution in [3.8, 4) is 0 Å². The monoisotopic (exact) mass is 263 g/mol. The predicted octanol–water partition coefficient (Wildman–Crippen LogP) is 1.66. The molecule has 0 atom stereocenters. The maximum Gasteiger partial charge on any atom is 0.0717 e. The lowest BCUT2D eigenvalue weighted by Crippen LogP contribution is -2.47. The Labute approximate surface area is 116 Å². The number of piperazine rings is 1. The standard InChI is InChI=1S/C15H25N3O/c1-12(2)10-17-4-6-18(7-5-17)15-8-13(3)16-9-14(15)11-19/h8-9,12,19H,4-7,10-11H2,1-3H3. The second kappa shape index (κ2) is 6.35. The average molecular weight is 263 g/mol. The zero-order valence-corrected chi connectivity index (χ0v) is 12.3. The van der Waals surface area contributed by atoms with Gasteiger partial charge in [0.05, 0.1) is 6.61 Å². The highest BCUT2D eigenvalue weighted by molar-refractivity contribution is 5.53. The molecule has 0 aromatic carbocycles. The molecule has 2 rings (SSSR count). The van der Waals surface area contributed by atoms with Gasteiger partial charge in [0, 0.05) is 55.9 Å². The maximum atomic E-state index is 9.43. The number of nitrogens with zero attached hydrogens (tertiary/aromatic N) is 3. The third kappa shape index (κ3) is 3.67. The first-order chi connectivity index (χ1) is 9.10. The molecule has 1 N–H and O–H groups in total. The molecule has 0 unspecified atom stereocenters. The summed E-state index contributed by atoms with van der Waals surface area (Å²) in [4.78, 5) is 9.16. The van der Waals surface area contributed by atoms with Gasteiger partial charge in [-0.1, -0.05) is 13.8 Å². The van der Waals surface area contributed by atoms with Crippen molar-refractivity contribution >= 4 is 5.69 Å². The van der Waals surface area contributed by atoms with Crippen LogP contribution in [0.25, 0.3) is 0 Å². The summed E-state index contributed by atoms with van der Waals surface area (Å²) in [6.07, 6.45) is 1.80. The third-order valence-corrected chi connectivity index (χ3v) is 3.61. The molecular weight excluding hydrogens is 238 g/mol. The topological polar surface area (TPSA) is 39.6 Å². The SMILES string of the molecule is Cc1cc(N2CCN(CC(C)C)CC2)c(CO)cn1. The molecule has 0 bridgehead atoms. The van der Waals surface area contributed by atoms with Crippen molar-refractivity contribution in [3.05, 3.63) is 23.5 Å². The van der Waals surface area contributed by atoms with Crippen LogP contribution in [0.2, 0.25) is 0 Å². The van der Waals surface area contributed by atoms with E-state index in [2.05, 4.69) is 34.7 Å². The zero-order chi connectivity index (χ0) is 13.8. The summed E-state index contributed by atoms with van der Waals surface area (Å²) in [5.74, 6) is 0.725. The second-order valence-corrected chi connectivity index (χ2v) is 5.79. The number of aromatic nitrogens is 1. The van der Waals surface area contributed by atoms with Crippen molar-refractivity contribution in [1.29, 1.82) is 0 Å². The van der Waals surface area contributed by atoms with Crippen LogP contribution in [-0.2, 0) is 6.61 Å². The zero-order valence-electron chi connectivity index (χ0n) is 12.3. The van der Waals surface area contributed by atoms with Crippen molar-refractivity contribution < 1.29 is 5.11 Å². The Morgan fingerprint density at radius 2 is 1.95 bits per heavy atom. The molecule has 0 saturated carbocycles. The fourth-order valence-corrected chi connectivity index (χ4v) is 2.68. The molecule has 106 valence electrons. The molecule has 1 aromatic rings. The summed E-state index contributed by atoms with van der Waals surface area (Å²) < 4.78 is 0. The first-order valence-electron chi connectivity index (χ1n) is 7.14. The molecule has 19 heavy (non-hydrogen) atoms. The highest BCUT2D eigenvalue weighted by Gasteiger charge is 2.19. The van der Waals surface area contributed by atoms with Crippen LogP contribution < -0.4 is 4.90 Å². The largest absolute Gasteiger partial charge is 0.392 e. The lowest BCUT2D eigenvalue weighted by Gasteiger charge is -2.37. The number of pyridine rings is 1. The van der Waals surface area contributed by atoms with E-state index >= 15 is 0 Å². The van der Waals surface area contributed by atoms with E-state index in [-0.39, 0.29) is 6.61 Å². The van der Waals surface area contributed by atoms with Gasteiger partial charge in [-0.2, -0.15) is 0 Å². The van der Waals surface area contributed by atoms with E-state index in [1.807, 2.05) is 6.92 Å². The van der Waals surface area contributed by atoms with E-state index in [0.29, 0.717) is 0 Å². The van der Waals surface area contributed by atoms with Crippen LogP contribution in [-0.4, -0.2) is 47.7 Å². The predicted molar refractivity (Wildman–Crippen MR) is 78.4 cm³/mol. The van der Waals surface area contributed by atoms with Crippen LogP contribution in [0.15, 0.2) is 12.3 Å². The number of aliphatic hydroxyl groups is 1. The van der Waals surface area contributed by atoms with Crippen LogP contribution in [0.3, 0.4) is 0 Å². The Morgan fingerprint density at radius 3 is 2.53 bits per heavy atom. The number of rotatable bonds is 4. The molecule has 0 amide bonds. The maximum absolute atomic E-state index is 9.43. The molecule has 0 spiro atoms. The minimum atomic E-state index is 0.0643. The summed E-state index contributed by atoms with van der Waals surface area (Å²) in [6, 6.07) is 2.09. The van der Waals surface area contributed by atoms with Gasteiger partial charge in [-0.05, 0) is 18.9 Å². The minimum Gasteiger partial charge on any atom is -0.392 e. The van der Waals surface area contributed by atoms with Gasteiger partial charge in [0.15, 0.2) is 0 Å². The molecule has 2 heterocycles. The van der Waals surface area contributed by atoms with Crippen molar-refractivity contribution in [2.75, 3.05) is 37.6 Å². The van der Waals surface area contributed by atoms with Gasteiger partial charge in [0.1, 0.15) is 0 Å². The summed E-state index contributed by atoms with van der Waals surface area (Å²) in [6.45, 7) is 12.0. The fourth-order valence-electron chi connectivity index (χ4n) is 2.68. The fraction of sp³-hybridized carbons (Fsp3) is 0.667. The molecule has 4 heteroatoms. The third-order valence-electron chi connectivity index (χ3n) is 3.61. The first-order valence-corrected chi connectivity index (χ1v) is 7.14. The Morgan fingerprint density at radius 1 is 1.26 bits per heavy atom. The summed E-state index contributed by atoms with van der Waals surface area (Å²) >= 11 is 0. The summed E-state index contributed by atoms with van der Waals surface area (Å²) in [5.41, 5.74) is 3.10. The van der Waals surface area contributed by atoms with Gasteiger partial charge in [-0.3, -0.25) is 9.88 Å². The van der Waals surface area contributed by atoms with E-state index < -0.39 is 0 Å². The Hall–Kier alpha value is -1.13. The average Bonchev–Trinajstić information content (AvgIpc) is 2.39. The van der Waals surface area contributed by atoms with Crippen LogP contribution in [0.4, 0.5) is 5.69 Å². The normalized spacial score (nSPS) is 17.2. The number of aliphatic hydroxyl groups excluding tert-OH is 1. The Kier molecular flexibility index (Phi) is 4.77. The smallest absolute Gasteiger partial charge is 0.0717 e. The van der Waals surface area contributed by atoms with Gasteiger partial charge >= 0.3 is 0 Å². The lowest BCUT2D eigenvalue weighted by molar-refractivity contribution is 0.230. The van der Waals surface area contributed by atoms with E-state index in [4.69, 9.17) is 0 Å². The molecule has 1 aliphatic heterocycles. The van der Waals surface area contributed by atoms with Gasteiger partial charge in [0.2, 0.25) is 0 Å². The van der Waals surface area contributed by atoms with Gasteiger partial charge < -0.3 is 10.0 Å². The quantitative estimate of drug-likeness (QED) is 0.897. The Balaban J connectivity index is 2.03. The number of anilines is 1. The molecule has 1 saturated heterocycles. The molecule has 0 aliphatic carbocycles. The minimum absolute atomic E-state index is 0.0643. The number of aryl methyl sites for hydroxylation is 1. The number of hydrogen-bond donors (Lipinski definition) is 1. The van der Waals surface area contributed by atoms with Crippen LogP contribution in [0, 0.1) is 12.8 Å². The molecular formula is C15H25N3O. The lowest BCUT2D eigenvalue weighted by atomic mass is 10.1. The van der Waals surface area contributed by atoms with Crippen LogP contribution in [0.1, 0.15) is 25.1 Å². The van der Waals surface area contributed by atoms with Crippen molar-refractivity contribution in [2.45, 2.75) is 27.4 Å². The van der Waals surface area contributed by atoms with Gasteiger partial charge in [-0.25, -0.2) is 0 Å². The summed E-state index contributed by atoms with van der Waals surface area (Å²) in [7, 11) is 0. The van der Waals surface area contributed by atoms with Crippen LogP contribution in [0.5, 0.6) is 0 Å².